The van der Waals surface area contributed by atoms with Gasteiger partial charge in [-0.1, -0.05) is 36.4 Å². The molecule has 1 unspecified atom stereocenters. The lowest BCUT2D eigenvalue weighted by atomic mass is 10.1. The highest BCUT2D eigenvalue weighted by atomic mass is 19.3. The van der Waals surface area contributed by atoms with E-state index in [-0.39, 0.29) is 17.3 Å². The van der Waals surface area contributed by atoms with Crippen LogP contribution in [0, 0.1) is 6.92 Å². The molecule has 0 bridgehead atoms. The first-order chi connectivity index (χ1) is 11.9. The molecule has 1 N–H and O–H groups in total. The Hall–Kier alpha value is -2.47. The number of carbonyl (C=O) groups is 1. The number of aryl methyl sites for hydroxylation is 1. The van der Waals surface area contributed by atoms with E-state index < -0.39 is 12.7 Å². The van der Waals surface area contributed by atoms with E-state index in [4.69, 9.17) is 0 Å². The van der Waals surface area contributed by atoms with Crippen molar-refractivity contribution in [3.8, 4) is 5.75 Å². The SMILES string of the molecule is Cc1ccccc1CN(C)C(C)C(=O)Nc1ccccc1OC(F)F. The van der Waals surface area contributed by atoms with Crippen LogP contribution in [-0.4, -0.2) is 30.5 Å². The Morgan fingerprint density at radius 2 is 1.80 bits per heavy atom. The van der Waals surface area contributed by atoms with Crippen LogP contribution in [0.4, 0.5) is 14.5 Å². The summed E-state index contributed by atoms with van der Waals surface area (Å²) < 4.78 is 29.4. The van der Waals surface area contributed by atoms with E-state index in [1.807, 2.05) is 43.1 Å². The molecule has 0 aliphatic rings. The molecule has 2 aromatic rings. The lowest BCUT2D eigenvalue weighted by Crippen LogP contribution is -2.39. The van der Waals surface area contributed by atoms with Gasteiger partial charge >= 0.3 is 6.61 Å². The van der Waals surface area contributed by atoms with Crippen molar-refractivity contribution in [3.05, 3.63) is 59.7 Å². The van der Waals surface area contributed by atoms with Crippen LogP contribution in [0.15, 0.2) is 48.5 Å². The molecule has 0 fully saturated rings. The molecule has 0 heterocycles. The van der Waals surface area contributed by atoms with E-state index in [2.05, 4.69) is 10.1 Å². The molecule has 134 valence electrons. The van der Waals surface area contributed by atoms with Gasteiger partial charge in [0.05, 0.1) is 11.7 Å². The van der Waals surface area contributed by atoms with Gasteiger partial charge in [-0.3, -0.25) is 9.69 Å². The number of carbonyl (C=O) groups excluding carboxylic acids is 1. The molecule has 2 rings (SSSR count). The monoisotopic (exact) mass is 348 g/mol. The molecule has 0 aromatic heterocycles. The van der Waals surface area contributed by atoms with Crippen LogP contribution < -0.4 is 10.1 Å². The van der Waals surface area contributed by atoms with Crippen molar-refractivity contribution in [1.82, 2.24) is 4.90 Å². The number of amides is 1. The number of nitrogens with zero attached hydrogens (tertiary/aromatic N) is 1. The van der Waals surface area contributed by atoms with Gasteiger partial charge in [-0.25, -0.2) is 0 Å². The highest BCUT2D eigenvalue weighted by molar-refractivity contribution is 5.95. The first-order valence-corrected chi connectivity index (χ1v) is 7.98. The molecular formula is C19H22F2N2O2. The van der Waals surface area contributed by atoms with Crippen molar-refractivity contribution in [1.29, 1.82) is 0 Å². The molecule has 1 amide bonds. The highest BCUT2D eigenvalue weighted by Gasteiger charge is 2.20. The average molecular weight is 348 g/mol. The fraction of sp³-hybridized carbons (Fsp3) is 0.316. The number of rotatable bonds is 7. The van der Waals surface area contributed by atoms with Gasteiger partial charge < -0.3 is 10.1 Å². The molecule has 4 nitrogen and oxygen atoms in total. The fourth-order valence-corrected chi connectivity index (χ4v) is 2.40. The number of alkyl halides is 2. The van der Waals surface area contributed by atoms with Crippen molar-refractivity contribution in [2.75, 3.05) is 12.4 Å². The summed E-state index contributed by atoms with van der Waals surface area (Å²) in [6.45, 7) is 1.45. The number of hydrogen-bond acceptors (Lipinski definition) is 3. The average Bonchev–Trinajstić information content (AvgIpc) is 2.57. The first-order valence-electron chi connectivity index (χ1n) is 7.98. The number of ether oxygens (including phenoxy) is 1. The maximum Gasteiger partial charge on any atom is 0.387 e. The second-order valence-corrected chi connectivity index (χ2v) is 5.88. The number of halogens is 2. The third kappa shape index (κ3) is 5.26. The Bertz CT molecular complexity index is 722. The van der Waals surface area contributed by atoms with Crippen molar-refractivity contribution >= 4 is 11.6 Å². The first kappa shape index (κ1) is 18.9. The summed E-state index contributed by atoms with van der Waals surface area (Å²) in [6.07, 6.45) is 0. The summed E-state index contributed by atoms with van der Waals surface area (Å²) in [7, 11) is 1.85. The van der Waals surface area contributed by atoms with Crippen LogP contribution >= 0.6 is 0 Å². The number of anilines is 1. The van der Waals surface area contributed by atoms with Gasteiger partial charge in [0.25, 0.3) is 0 Å². The van der Waals surface area contributed by atoms with Crippen LogP contribution in [0.1, 0.15) is 18.1 Å². The molecule has 0 saturated carbocycles. The summed E-state index contributed by atoms with van der Waals surface area (Å²) in [6, 6.07) is 13.7. The van der Waals surface area contributed by atoms with Crippen LogP contribution in [0.25, 0.3) is 0 Å². The van der Waals surface area contributed by atoms with E-state index >= 15 is 0 Å². The van der Waals surface area contributed by atoms with Gasteiger partial charge in [0.2, 0.25) is 5.91 Å². The molecule has 0 aliphatic heterocycles. The topological polar surface area (TPSA) is 41.6 Å². The minimum Gasteiger partial charge on any atom is -0.433 e. The maximum atomic E-state index is 12.5. The summed E-state index contributed by atoms with van der Waals surface area (Å²) in [5.41, 5.74) is 2.51. The molecule has 25 heavy (non-hydrogen) atoms. The third-order valence-corrected chi connectivity index (χ3v) is 4.08. The molecule has 0 radical (unpaired) electrons. The zero-order valence-electron chi connectivity index (χ0n) is 14.5. The summed E-state index contributed by atoms with van der Waals surface area (Å²) in [4.78, 5) is 14.4. The lowest BCUT2D eigenvalue weighted by Gasteiger charge is -2.25. The zero-order valence-corrected chi connectivity index (χ0v) is 14.5. The Labute approximate surface area is 146 Å². The molecule has 6 heteroatoms. The Kier molecular flexibility index (Phi) is 6.47. The van der Waals surface area contributed by atoms with E-state index in [0.29, 0.717) is 6.54 Å². The summed E-state index contributed by atoms with van der Waals surface area (Å²) >= 11 is 0. The quantitative estimate of drug-likeness (QED) is 0.821. The van der Waals surface area contributed by atoms with Gasteiger partial charge in [-0.15, -0.1) is 0 Å². The lowest BCUT2D eigenvalue weighted by molar-refractivity contribution is -0.120. The number of hydrogen-bond donors (Lipinski definition) is 1. The van der Waals surface area contributed by atoms with E-state index in [1.165, 1.54) is 12.1 Å². The molecular weight excluding hydrogens is 326 g/mol. The smallest absolute Gasteiger partial charge is 0.387 e. The second kappa shape index (κ2) is 8.58. The number of likely N-dealkylation sites (N-methyl/N-ethyl adjacent to an activating group) is 1. The van der Waals surface area contributed by atoms with Gasteiger partial charge in [0.1, 0.15) is 5.75 Å². The molecule has 0 aliphatic carbocycles. The van der Waals surface area contributed by atoms with Gasteiger partial charge in [-0.2, -0.15) is 8.78 Å². The largest absolute Gasteiger partial charge is 0.433 e. The number of nitrogens with one attached hydrogen (secondary N) is 1. The molecule has 1 atom stereocenters. The number of para-hydroxylation sites is 2. The fourth-order valence-electron chi connectivity index (χ4n) is 2.40. The van der Waals surface area contributed by atoms with Crippen molar-refractivity contribution in [2.24, 2.45) is 0 Å². The third-order valence-electron chi connectivity index (χ3n) is 4.08. The number of benzene rings is 2. The molecule has 0 saturated heterocycles. The van der Waals surface area contributed by atoms with E-state index in [9.17, 15) is 13.6 Å². The predicted octanol–water partition coefficient (Wildman–Crippen LogP) is 4.06. The second-order valence-electron chi connectivity index (χ2n) is 5.88. The Balaban J connectivity index is 2.04. The van der Waals surface area contributed by atoms with Crippen LogP contribution in [-0.2, 0) is 11.3 Å². The van der Waals surface area contributed by atoms with Crippen molar-refractivity contribution < 1.29 is 18.3 Å². The van der Waals surface area contributed by atoms with Gasteiger partial charge in [0, 0.05) is 6.54 Å². The van der Waals surface area contributed by atoms with Crippen LogP contribution in [0.2, 0.25) is 0 Å². The summed E-state index contributed by atoms with van der Waals surface area (Å²) in [5.74, 6) is -0.346. The minimum absolute atomic E-state index is 0.0559. The van der Waals surface area contributed by atoms with Crippen molar-refractivity contribution in [3.63, 3.8) is 0 Å². The Morgan fingerprint density at radius 1 is 1.16 bits per heavy atom. The maximum absolute atomic E-state index is 12.5. The standard InChI is InChI=1S/C19H22F2N2O2/c1-13-8-4-5-9-15(13)12-23(3)14(2)18(24)22-16-10-6-7-11-17(16)25-19(20)21/h4-11,14,19H,12H2,1-3H3,(H,22,24). The van der Waals surface area contributed by atoms with E-state index in [1.54, 1.807) is 19.1 Å². The van der Waals surface area contributed by atoms with Crippen LogP contribution in [0.5, 0.6) is 5.75 Å². The molecule has 0 spiro atoms. The molecule has 2 aromatic carbocycles. The normalized spacial score (nSPS) is 12.3. The van der Waals surface area contributed by atoms with Gasteiger partial charge in [0.15, 0.2) is 0 Å². The predicted molar refractivity (Wildman–Crippen MR) is 93.8 cm³/mol. The van der Waals surface area contributed by atoms with Crippen molar-refractivity contribution in [2.45, 2.75) is 33.0 Å². The van der Waals surface area contributed by atoms with E-state index in [0.717, 1.165) is 11.1 Å². The van der Waals surface area contributed by atoms with Crippen LogP contribution in [0.3, 0.4) is 0 Å². The Morgan fingerprint density at radius 3 is 2.48 bits per heavy atom. The highest BCUT2D eigenvalue weighted by Crippen LogP contribution is 2.26. The minimum atomic E-state index is -2.95. The summed E-state index contributed by atoms with van der Waals surface area (Å²) in [5, 5.41) is 2.66. The zero-order chi connectivity index (χ0) is 18.4. The van der Waals surface area contributed by atoms with Gasteiger partial charge in [-0.05, 0) is 44.2 Å².